The van der Waals surface area contributed by atoms with Crippen LogP contribution in [0.2, 0.25) is 0 Å². The molecular formula is C23H22FN3O3S. The van der Waals surface area contributed by atoms with Crippen LogP contribution in [0.25, 0.3) is 11.1 Å². The van der Waals surface area contributed by atoms with Crippen molar-refractivity contribution in [2.45, 2.75) is 18.5 Å². The Morgan fingerprint density at radius 2 is 1.94 bits per heavy atom. The Balaban J connectivity index is 1.43. The van der Waals surface area contributed by atoms with E-state index in [1.165, 1.54) is 6.07 Å². The van der Waals surface area contributed by atoms with Gasteiger partial charge in [-0.2, -0.15) is 0 Å². The highest BCUT2D eigenvalue weighted by Crippen LogP contribution is 2.30. The normalized spacial score (nSPS) is 23.4. The molecule has 0 bridgehead atoms. The van der Waals surface area contributed by atoms with Crippen molar-refractivity contribution in [2.24, 2.45) is 0 Å². The predicted octanol–water partition coefficient (Wildman–Crippen LogP) is 1.93. The first-order chi connectivity index (χ1) is 15.0. The van der Waals surface area contributed by atoms with Crippen molar-refractivity contribution < 1.29 is 18.8 Å². The number of hydrogen-bond acceptors (Lipinski definition) is 5. The fourth-order valence-electron chi connectivity index (χ4n) is 4.53. The molecule has 6 nitrogen and oxygen atoms in total. The van der Waals surface area contributed by atoms with Gasteiger partial charge >= 0.3 is 0 Å². The minimum atomic E-state index is -0.649. The molecule has 5 rings (SSSR count). The van der Waals surface area contributed by atoms with Crippen LogP contribution in [0.4, 0.5) is 4.39 Å². The molecule has 3 aliphatic heterocycles. The minimum absolute atomic E-state index is 0.00602. The van der Waals surface area contributed by atoms with Crippen molar-refractivity contribution >= 4 is 29.4 Å². The number of benzene rings is 2. The quantitative estimate of drug-likeness (QED) is 0.775. The Morgan fingerprint density at radius 1 is 1.10 bits per heavy atom. The van der Waals surface area contributed by atoms with E-state index in [9.17, 15) is 18.8 Å². The summed E-state index contributed by atoms with van der Waals surface area (Å²) in [7, 11) is 0. The number of nitrogens with one attached hydrogen (secondary N) is 1. The highest BCUT2D eigenvalue weighted by atomic mass is 32.2. The number of fused-ring (bicyclic) bond motifs is 2. The van der Waals surface area contributed by atoms with Gasteiger partial charge in [-0.1, -0.05) is 30.3 Å². The number of amides is 2. The van der Waals surface area contributed by atoms with Gasteiger partial charge in [-0.05, 0) is 23.3 Å². The zero-order valence-corrected chi connectivity index (χ0v) is 17.7. The lowest BCUT2D eigenvalue weighted by Crippen LogP contribution is -2.61. The Morgan fingerprint density at radius 3 is 2.71 bits per heavy atom. The lowest BCUT2D eigenvalue weighted by molar-refractivity contribution is -0.137. The molecule has 0 aliphatic carbocycles. The number of rotatable bonds is 2. The second kappa shape index (κ2) is 8.09. The molecule has 0 unspecified atom stereocenters. The number of thioether (sulfide) groups is 1. The molecule has 2 fully saturated rings. The Bertz CT molecular complexity index is 1070. The summed E-state index contributed by atoms with van der Waals surface area (Å²) in [5, 5.41) is 3.17. The van der Waals surface area contributed by atoms with E-state index in [2.05, 4.69) is 5.32 Å². The van der Waals surface area contributed by atoms with Crippen molar-refractivity contribution in [3.8, 4) is 11.1 Å². The first kappa shape index (κ1) is 20.2. The molecule has 2 aromatic rings. The Kier molecular flexibility index (Phi) is 5.27. The number of Topliss-reactive ketones (excluding diaryl/α,β-unsaturated/α-hetero) is 1. The smallest absolute Gasteiger partial charge is 0.254 e. The first-order valence-electron chi connectivity index (χ1n) is 10.3. The maximum absolute atomic E-state index is 14.3. The van der Waals surface area contributed by atoms with Crippen LogP contribution in [0.5, 0.6) is 0 Å². The van der Waals surface area contributed by atoms with E-state index in [-0.39, 0.29) is 42.4 Å². The van der Waals surface area contributed by atoms with Gasteiger partial charge in [-0.3, -0.25) is 19.7 Å². The summed E-state index contributed by atoms with van der Waals surface area (Å²) in [5.41, 5.74) is 2.11. The Hall–Kier alpha value is -2.71. The summed E-state index contributed by atoms with van der Waals surface area (Å²) in [4.78, 5) is 42.5. The van der Waals surface area contributed by atoms with Crippen molar-refractivity contribution in [2.75, 3.05) is 31.3 Å². The van der Waals surface area contributed by atoms with Crippen LogP contribution in [0, 0.1) is 5.82 Å². The van der Waals surface area contributed by atoms with E-state index >= 15 is 0 Å². The molecule has 2 atom stereocenters. The van der Waals surface area contributed by atoms with Gasteiger partial charge in [-0.15, -0.1) is 11.8 Å². The molecular weight excluding hydrogens is 417 g/mol. The van der Waals surface area contributed by atoms with Crippen molar-refractivity contribution in [1.82, 2.24) is 15.1 Å². The summed E-state index contributed by atoms with van der Waals surface area (Å²) in [6.07, 6.45) is 0.124. The number of carbonyl (C=O) groups excluding carboxylic acids is 3. The summed E-state index contributed by atoms with van der Waals surface area (Å²) in [6.45, 7) is 0.935. The Labute approximate surface area is 183 Å². The fraction of sp³-hybridized carbons (Fsp3) is 0.348. The third kappa shape index (κ3) is 3.64. The summed E-state index contributed by atoms with van der Waals surface area (Å²) < 4.78 is 14.3. The molecule has 0 spiro atoms. The number of ketones is 1. The highest BCUT2D eigenvalue weighted by Gasteiger charge is 2.41. The first-order valence-corrected chi connectivity index (χ1v) is 11.5. The van der Waals surface area contributed by atoms with Crippen LogP contribution in [-0.2, 0) is 16.0 Å². The zero-order chi connectivity index (χ0) is 21.5. The molecule has 0 radical (unpaired) electrons. The van der Waals surface area contributed by atoms with Crippen molar-refractivity contribution in [3.63, 3.8) is 0 Å². The van der Waals surface area contributed by atoms with Crippen LogP contribution >= 0.6 is 11.8 Å². The van der Waals surface area contributed by atoms with Crippen LogP contribution in [0.1, 0.15) is 15.9 Å². The number of carbonyl (C=O) groups is 3. The predicted molar refractivity (Wildman–Crippen MR) is 116 cm³/mol. The number of halogens is 1. The molecule has 3 aliphatic rings. The zero-order valence-electron chi connectivity index (χ0n) is 16.8. The topological polar surface area (TPSA) is 69.7 Å². The van der Waals surface area contributed by atoms with Crippen molar-refractivity contribution in [3.05, 3.63) is 59.4 Å². The lowest BCUT2D eigenvalue weighted by Gasteiger charge is -2.40. The molecule has 2 amide bonds. The van der Waals surface area contributed by atoms with E-state index in [1.807, 2.05) is 0 Å². The van der Waals surface area contributed by atoms with Crippen LogP contribution in [0.15, 0.2) is 42.5 Å². The largest absolute Gasteiger partial charge is 0.337 e. The third-order valence-corrected chi connectivity index (χ3v) is 7.17. The minimum Gasteiger partial charge on any atom is -0.337 e. The molecule has 2 saturated heterocycles. The molecule has 2 aromatic carbocycles. The molecule has 8 heteroatoms. The monoisotopic (exact) mass is 439 g/mol. The number of nitrogens with zero attached hydrogens (tertiary/aromatic N) is 2. The van der Waals surface area contributed by atoms with E-state index in [0.717, 1.165) is 11.6 Å². The van der Waals surface area contributed by atoms with Gasteiger partial charge in [0.2, 0.25) is 5.91 Å². The average Bonchev–Trinajstić information content (AvgIpc) is 3.30. The maximum Gasteiger partial charge on any atom is 0.254 e. The summed E-state index contributed by atoms with van der Waals surface area (Å²) in [6, 6.07) is 10.7. The average molecular weight is 440 g/mol. The van der Waals surface area contributed by atoms with Crippen LogP contribution < -0.4 is 5.32 Å². The number of hydrogen-bond donors (Lipinski definition) is 1. The SMILES string of the molecule is O=C1Cc2ccc(-c3ccccc3F)cc2C(=O)N2CCN(C(=O)[C@@H]3CSCN3)C[C@H]12. The van der Waals surface area contributed by atoms with E-state index in [4.69, 9.17) is 0 Å². The van der Waals surface area contributed by atoms with Crippen LogP contribution in [-0.4, -0.2) is 70.7 Å². The van der Waals surface area contributed by atoms with Gasteiger partial charge in [0.05, 0.1) is 6.04 Å². The highest BCUT2D eigenvalue weighted by molar-refractivity contribution is 7.99. The summed E-state index contributed by atoms with van der Waals surface area (Å²) >= 11 is 1.68. The van der Waals surface area contributed by atoms with Gasteiger partial charge < -0.3 is 9.80 Å². The van der Waals surface area contributed by atoms with Gasteiger partial charge in [0.1, 0.15) is 11.9 Å². The second-order valence-electron chi connectivity index (χ2n) is 8.07. The molecule has 1 N–H and O–H groups in total. The fourth-order valence-corrected chi connectivity index (χ4v) is 5.46. The number of piperazine rings is 1. The standard InChI is InChI=1S/C23H22FN3O3S/c24-18-4-2-1-3-16(18)14-5-6-15-10-21(28)20-11-26(23(30)19-12-31-13-25-19)7-8-27(20)22(29)17(15)9-14/h1-6,9,19-20,25H,7-8,10-13H2/t19-,20+/m0/s1. The molecule has 0 saturated carbocycles. The van der Waals surface area contributed by atoms with Gasteiger partial charge in [-0.25, -0.2) is 4.39 Å². The molecule has 3 heterocycles. The lowest BCUT2D eigenvalue weighted by atomic mass is 9.96. The van der Waals surface area contributed by atoms with Crippen molar-refractivity contribution in [1.29, 1.82) is 0 Å². The van der Waals surface area contributed by atoms with E-state index in [0.29, 0.717) is 35.3 Å². The maximum atomic E-state index is 14.3. The van der Waals surface area contributed by atoms with Gasteiger partial charge in [0.15, 0.2) is 5.78 Å². The second-order valence-corrected chi connectivity index (χ2v) is 9.10. The molecule has 0 aromatic heterocycles. The summed E-state index contributed by atoms with van der Waals surface area (Å²) in [5.74, 6) is 0.803. The van der Waals surface area contributed by atoms with Gasteiger partial charge in [0, 0.05) is 48.8 Å². The van der Waals surface area contributed by atoms with E-state index < -0.39 is 6.04 Å². The van der Waals surface area contributed by atoms with Gasteiger partial charge in [0.25, 0.3) is 5.91 Å². The third-order valence-electron chi connectivity index (χ3n) is 6.23. The molecule has 160 valence electrons. The van der Waals surface area contributed by atoms with E-state index in [1.54, 1.807) is 58.0 Å². The van der Waals surface area contributed by atoms with Crippen LogP contribution in [0.3, 0.4) is 0 Å². The molecule has 31 heavy (non-hydrogen) atoms.